The molecule has 0 unspecified atom stereocenters. The predicted molar refractivity (Wildman–Crippen MR) is 81.9 cm³/mol. The van der Waals surface area contributed by atoms with Crippen molar-refractivity contribution in [2.75, 3.05) is 6.61 Å². The van der Waals surface area contributed by atoms with Crippen molar-refractivity contribution in [1.82, 2.24) is 0 Å². The molecule has 1 aromatic rings. The molecule has 1 fully saturated rings. The second kappa shape index (κ2) is 6.55. The van der Waals surface area contributed by atoms with Gasteiger partial charge in [-0.3, -0.25) is 4.79 Å². The number of hydrogen-bond donors (Lipinski definition) is 0. The lowest BCUT2D eigenvalue weighted by molar-refractivity contribution is -0.148. The zero-order chi connectivity index (χ0) is 14.6. The molecule has 0 radical (unpaired) electrons. The highest BCUT2D eigenvalue weighted by Gasteiger charge is 2.36. The van der Waals surface area contributed by atoms with Gasteiger partial charge in [0.05, 0.1) is 18.6 Å². The van der Waals surface area contributed by atoms with E-state index in [-0.39, 0.29) is 18.0 Å². The Labute approximate surface area is 122 Å². The highest BCUT2D eigenvalue weighted by atomic mass is 28.4. The topological polar surface area (TPSA) is 35.5 Å². The van der Waals surface area contributed by atoms with Crippen molar-refractivity contribution < 1.29 is 14.0 Å². The lowest BCUT2D eigenvalue weighted by atomic mass is 9.95. The van der Waals surface area contributed by atoms with Crippen molar-refractivity contribution >= 4 is 14.3 Å². The van der Waals surface area contributed by atoms with E-state index in [0.29, 0.717) is 6.61 Å². The van der Waals surface area contributed by atoms with Gasteiger partial charge in [-0.15, -0.1) is 0 Å². The Kier molecular flexibility index (Phi) is 4.99. The van der Waals surface area contributed by atoms with Crippen LogP contribution in [0.3, 0.4) is 0 Å². The second-order valence-electron chi connectivity index (χ2n) is 6.00. The summed E-state index contributed by atoms with van der Waals surface area (Å²) in [7, 11) is -1.71. The summed E-state index contributed by atoms with van der Waals surface area (Å²) in [6.45, 7) is 6.78. The maximum atomic E-state index is 12.1. The summed E-state index contributed by atoms with van der Waals surface area (Å²) in [4.78, 5) is 12.1. The maximum Gasteiger partial charge on any atom is 0.309 e. The zero-order valence-corrected chi connectivity index (χ0v) is 13.6. The van der Waals surface area contributed by atoms with Gasteiger partial charge in [0, 0.05) is 0 Å². The normalized spacial score (nSPS) is 25.8. The fraction of sp³-hybridized carbons (Fsp3) is 0.562. The monoisotopic (exact) mass is 292 g/mol. The first kappa shape index (κ1) is 15.3. The summed E-state index contributed by atoms with van der Waals surface area (Å²) in [5.41, 5.74) is 1.17. The Morgan fingerprint density at radius 2 is 2.05 bits per heavy atom. The minimum absolute atomic E-state index is 0.0229. The van der Waals surface area contributed by atoms with Crippen LogP contribution in [0.15, 0.2) is 30.3 Å². The number of hydrogen-bond acceptors (Lipinski definition) is 3. The van der Waals surface area contributed by atoms with Crippen LogP contribution in [0.4, 0.5) is 0 Å². The Balaban J connectivity index is 2.18. The molecule has 2 atom stereocenters. The average molecular weight is 292 g/mol. The van der Waals surface area contributed by atoms with E-state index >= 15 is 0 Å². The summed E-state index contributed by atoms with van der Waals surface area (Å²) in [6, 6.07) is 11.2. The molecule has 1 heterocycles. The van der Waals surface area contributed by atoms with Crippen LogP contribution in [0.25, 0.3) is 0 Å². The van der Waals surface area contributed by atoms with E-state index in [1.807, 2.05) is 25.1 Å². The third-order valence-corrected chi connectivity index (χ3v) is 6.26. The minimum atomic E-state index is -1.71. The standard InChI is InChI=1S/C16H24O3Si/c1-4-18-16(17)14-10-11-20(2,3)19-15(12-14)13-8-6-5-7-9-13/h5-9,14-15H,4,10-12H2,1-3H3/t14-,15-/m0/s1. The SMILES string of the molecule is CCOC(=O)[C@H]1CC[Si](C)(C)O[C@H](c2ccccc2)C1. The fourth-order valence-corrected chi connectivity index (χ4v) is 4.90. The molecule has 0 amide bonds. The van der Waals surface area contributed by atoms with Crippen molar-refractivity contribution in [3.8, 4) is 0 Å². The van der Waals surface area contributed by atoms with Gasteiger partial charge in [-0.05, 0) is 44.5 Å². The van der Waals surface area contributed by atoms with Crippen LogP contribution in [-0.2, 0) is 14.0 Å². The summed E-state index contributed by atoms with van der Waals surface area (Å²) in [5, 5.41) is 0. The molecule has 0 aliphatic carbocycles. The summed E-state index contributed by atoms with van der Waals surface area (Å²) in [6.07, 6.45) is 1.65. The minimum Gasteiger partial charge on any atom is -0.466 e. The number of esters is 1. The number of benzene rings is 1. The maximum absolute atomic E-state index is 12.1. The van der Waals surface area contributed by atoms with Crippen molar-refractivity contribution in [3.05, 3.63) is 35.9 Å². The largest absolute Gasteiger partial charge is 0.466 e. The predicted octanol–water partition coefficient (Wildman–Crippen LogP) is 3.92. The van der Waals surface area contributed by atoms with Gasteiger partial charge in [-0.2, -0.15) is 0 Å². The highest BCUT2D eigenvalue weighted by molar-refractivity contribution is 6.71. The van der Waals surface area contributed by atoms with Crippen LogP contribution in [-0.4, -0.2) is 20.9 Å². The smallest absolute Gasteiger partial charge is 0.309 e. The van der Waals surface area contributed by atoms with Crippen LogP contribution >= 0.6 is 0 Å². The van der Waals surface area contributed by atoms with Crippen molar-refractivity contribution in [1.29, 1.82) is 0 Å². The van der Waals surface area contributed by atoms with Gasteiger partial charge in [-0.25, -0.2) is 0 Å². The van der Waals surface area contributed by atoms with Crippen molar-refractivity contribution in [2.45, 2.75) is 45.0 Å². The Bertz CT molecular complexity index is 444. The van der Waals surface area contributed by atoms with Gasteiger partial charge in [0.25, 0.3) is 0 Å². The van der Waals surface area contributed by atoms with Gasteiger partial charge in [-0.1, -0.05) is 30.3 Å². The van der Waals surface area contributed by atoms with E-state index in [2.05, 4.69) is 25.2 Å². The lowest BCUT2D eigenvalue weighted by Crippen LogP contribution is -2.30. The molecule has 0 aromatic heterocycles. The molecule has 1 aromatic carbocycles. The molecule has 0 saturated carbocycles. The van der Waals surface area contributed by atoms with E-state index in [1.165, 1.54) is 5.56 Å². The fourth-order valence-electron chi connectivity index (χ4n) is 2.74. The Hall–Kier alpha value is -1.13. The molecule has 0 bridgehead atoms. The molecule has 1 saturated heterocycles. The van der Waals surface area contributed by atoms with Gasteiger partial charge < -0.3 is 9.16 Å². The molecule has 3 nitrogen and oxygen atoms in total. The van der Waals surface area contributed by atoms with Crippen LogP contribution in [0.1, 0.15) is 31.4 Å². The quantitative estimate of drug-likeness (QED) is 0.625. The molecule has 20 heavy (non-hydrogen) atoms. The number of rotatable bonds is 3. The second-order valence-corrected chi connectivity index (χ2v) is 10.3. The lowest BCUT2D eigenvalue weighted by Gasteiger charge is -2.26. The van der Waals surface area contributed by atoms with Crippen molar-refractivity contribution in [2.24, 2.45) is 5.92 Å². The molecule has 4 heteroatoms. The first-order chi connectivity index (χ1) is 9.52. The first-order valence-corrected chi connectivity index (χ1v) is 10.5. The molecule has 0 N–H and O–H groups in total. The average Bonchev–Trinajstić information content (AvgIpc) is 2.59. The third-order valence-electron chi connectivity index (χ3n) is 3.85. The summed E-state index contributed by atoms with van der Waals surface area (Å²) >= 11 is 0. The van der Waals surface area contributed by atoms with Gasteiger partial charge in [0.15, 0.2) is 8.32 Å². The Morgan fingerprint density at radius 1 is 1.35 bits per heavy atom. The van der Waals surface area contributed by atoms with Gasteiger partial charge in [0.1, 0.15) is 0 Å². The van der Waals surface area contributed by atoms with E-state index in [0.717, 1.165) is 18.9 Å². The molecule has 1 aliphatic heterocycles. The van der Waals surface area contributed by atoms with Crippen LogP contribution in [0.2, 0.25) is 19.1 Å². The van der Waals surface area contributed by atoms with Gasteiger partial charge >= 0.3 is 5.97 Å². The van der Waals surface area contributed by atoms with Crippen LogP contribution < -0.4 is 0 Å². The van der Waals surface area contributed by atoms with Crippen molar-refractivity contribution in [3.63, 3.8) is 0 Å². The number of ether oxygens (including phenoxy) is 1. The molecular weight excluding hydrogens is 268 g/mol. The molecular formula is C16H24O3Si. The molecule has 0 spiro atoms. The first-order valence-electron chi connectivity index (χ1n) is 7.41. The van der Waals surface area contributed by atoms with Crippen LogP contribution in [0, 0.1) is 5.92 Å². The highest BCUT2D eigenvalue weighted by Crippen LogP contribution is 2.37. The number of carbonyl (C=O) groups is 1. The molecule has 2 rings (SSSR count). The summed E-state index contributed by atoms with van der Waals surface area (Å²) < 4.78 is 11.6. The van der Waals surface area contributed by atoms with Crippen LogP contribution in [0.5, 0.6) is 0 Å². The summed E-state index contributed by atoms with van der Waals surface area (Å²) in [5.74, 6) is -0.0989. The molecule has 110 valence electrons. The zero-order valence-electron chi connectivity index (χ0n) is 12.6. The van der Waals surface area contributed by atoms with E-state index in [9.17, 15) is 4.79 Å². The Morgan fingerprint density at radius 3 is 2.70 bits per heavy atom. The van der Waals surface area contributed by atoms with E-state index in [4.69, 9.17) is 9.16 Å². The molecule has 1 aliphatic rings. The third kappa shape index (κ3) is 3.93. The number of carbonyl (C=O) groups excluding carboxylic acids is 1. The van der Waals surface area contributed by atoms with Gasteiger partial charge in [0.2, 0.25) is 0 Å². The van der Waals surface area contributed by atoms with E-state index in [1.54, 1.807) is 0 Å². The van der Waals surface area contributed by atoms with E-state index < -0.39 is 8.32 Å².